The largest absolute Gasteiger partial charge is 0.337 e. The van der Waals surface area contributed by atoms with Crippen molar-refractivity contribution in [2.75, 3.05) is 13.1 Å². The molecule has 15 heavy (non-hydrogen) atoms. The van der Waals surface area contributed by atoms with Gasteiger partial charge in [-0.05, 0) is 24.3 Å². The lowest BCUT2D eigenvalue weighted by atomic mass is 10.1. The number of rotatable bonds is 1. The van der Waals surface area contributed by atoms with Gasteiger partial charge in [0.1, 0.15) is 4.88 Å². The van der Waals surface area contributed by atoms with E-state index < -0.39 is 0 Å². The number of nitrogens with zero attached hydrogens (tertiary/aromatic N) is 1. The third kappa shape index (κ3) is 2.55. The Morgan fingerprint density at radius 3 is 3.07 bits per heavy atom. The fourth-order valence-electron chi connectivity index (χ4n) is 1.70. The highest BCUT2D eigenvalue weighted by Crippen LogP contribution is 2.26. The topological polar surface area (TPSA) is 20.3 Å². The second kappa shape index (κ2) is 4.85. The Bertz CT molecular complexity index is 368. The van der Waals surface area contributed by atoms with Crippen molar-refractivity contribution in [3.05, 3.63) is 21.3 Å². The lowest BCUT2D eigenvalue weighted by Crippen LogP contribution is -2.40. The molecule has 0 radical (unpaired) electrons. The van der Waals surface area contributed by atoms with Crippen molar-refractivity contribution >= 4 is 44.8 Å². The molecule has 1 saturated heterocycles. The van der Waals surface area contributed by atoms with Gasteiger partial charge in [-0.15, -0.1) is 11.3 Å². The Morgan fingerprint density at radius 2 is 2.47 bits per heavy atom. The Labute approximate surface area is 106 Å². The highest BCUT2D eigenvalue weighted by molar-refractivity contribution is 9.09. The first kappa shape index (κ1) is 11.4. The van der Waals surface area contributed by atoms with Crippen LogP contribution in [0.25, 0.3) is 0 Å². The quantitative estimate of drug-likeness (QED) is 0.728. The summed E-state index contributed by atoms with van der Waals surface area (Å²) in [4.78, 5) is 15.0. The third-order valence-electron chi connectivity index (χ3n) is 2.46. The number of likely N-dealkylation sites (tertiary alicyclic amines) is 1. The number of hydrogen-bond acceptors (Lipinski definition) is 2. The monoisotopic (exact) mass is 307 g/mol. The summed E-state index contributed by atoms with van der Waals surface area (Å²) in [7, 11) is 0. The number of amides is 1. The second-order valence-electron chi connectivity index (χ2n) is 3.59. The van der Waals surface area contributed by atoms with Crippen molar-refractivity contribution in [3.63, 3.8) is 0 Å². The van der Waals surface area contributed by atoms with E-state index in [0.29, 0.717) is 14.7 Å². The minimum absolute atomic E-state index is 0.0687. The van der Waals surface area contributed by atoms with Gasteiger partial charge in [0.25, 0.3) is 5.91 Å². The standard InChI is InChI=1S/C10H11BrClNOS/c11-7-2-1-4-13(6-7)10(14)9-8(12)3-5-15-9/h3,5,7H,1-2,4,6H2. The Kier molecular flexibility index (Phi) is 3.69. The number of carbonyl (C=O) groups is 1. The average molecular weight is 309 g/mol. The molecular weight excluding hydrogens is 298 g/mol. The molecule has 82 valence electrons. The van der Waals surface area contributed by atoms with Gasteiger partial charge in [0.2, 0.25) is 0 Å². The predicted octanol–water partition coefficient (Wildman–Crippen LogP) is 3.40. The van der Waals surface area contributed by atoms with Gasteiger partial charge in [0.15, 0.2) is 0 Å². The predicted molar refractivity (Wildman–Crippen MR) is 67.2 cm³/mol. The van der Waals surface area contributed by atoms with E-state index in [1.165, 1.54) is 11.3 Å². The number of thiophene rings is 1. The van der Waals surface area contributed by atoms with Crippen molar-refractivity contribution in [2.24, 2.45) is 0 Å². The van der Waals surface area contributed by atoms with E-state index in [0.717, 1.165) is 25.9 Å². The van der Waals surface area contributed by atoms with E-state index in [1.807, 2.05) is 10.3 Å². The molecule has 0 saturated carbocycles. The zero-order valence-corrected chi connectivity index (χ0v) is 11.2. The molecule has 0 spiro atoms. The van der Waals surface area contributed by atoms with Crippen LogP contribution in [0.5, 0.6) is 0 Å². The van der Waals surface area contributed by atoms with Crippen molar-refractivity contribution < 1.29 is 4.79 Å². The molecule has 2 rings (SSSR count). The van der Waals surface area contributed by atoms with Crippen LogP contribution in [-0.4, -0.2) is 28.7 Å². The molecule has 5 heteroatoms. The summed E-state index contributed by atoms with van der Waals surface area (Å²) < 4.78 is 0. The van der Waals surface area contributed by atoms with E-state index in [1.54, 1.807) is 6.07 Å². The zero-order chi connectivity index (χ0) is 10.8. The van der Waals surface area contributed by atoms with Crippen LogP contribution >= 0.6 is 38.9 Å². The molecule has 1 unspecified atom stereocenters. The van der Waals surface area contributed by atoms with E-state index in [9.17, 15) is 4.79 Å². The van der Waals surface area contributed by atoms with Gasteiger partial charge >= 0.3 is 0 Å². The molecule has 0 bridgehead atoms. The maximum atomic E-state index is 12.1. The maximum absolute atomic E-state index is 12.1. The normalized spacial score (nSPS) is 21.7. The fraction of sp³-hybridized carbons (Fsp3) is 0.500. The summed E-state index contributed by atoms with van der Waals surface area (Å²) in [5.74, 6) is 0.0687. The minimum Gasteiger partial charge on any atom is -0.337 e. The van der Waals surface area contributed by atoms with Crippen LogP contribution in [0.4, 0.5) is 0 Å². The summed E-state index contributed by atoms with van der Waals surface area (Å²) in [6.07, 6.45) is 2.20. The van der Waals surface area contributed by atoms with Crippen molar-refractivity contribution in [3.8, 4) is 0 Å². The summed E-state index contributed by atoms with van der Waals surface area (Å²) in [5.41, 5.74) is 0. The van der Waals surface area contributed by atoms with Gasteiger partial charge in [-0.1, -0.05) is 27.5 Å². The Morgan fingerprint density at radius 1 is 1.67 bits per heavy atom. The van der Waals surface area contributed by atoms with Gasteiger partial charge < -0.3 is 4.90 Å². The molecule has 1 aromatic heterocycles. The van der Waals surface area contributed by atoms with E-state index in [2.05, 4.69) is 15.9 Å². The highest BCUT2D eigenvalue weighted by Gasteiger charge is 2.24. The van der Waals surface area contributed by atoms with Crippen molar-refractivity contribution in [1.29, 1.82) is 0 Å². The Balaban J connectivity index is 2.11. The molecule has 0 aliphatic carbocycles. The van der Waals surface area contributed by atoms with Crippen LogP contribution < -0.4 is 0 Å². The molecular formula is C10H11BrClNOS. The maximum Gasteiger partial charge on any atom is 0.265 e. The van der Waals surface area contributed by atoms with Crippen LogP contribution in [0, 0.1) is 0 Å². The highest BCUT2D eigenvalue weighted by atomic mass is 79.9. The van der Waals surface area contributed by atoms with Crippen LogP contribution in [0.3, 0.4) is 0 Å². The summed E-state index contributed by atoms with van der Waals surface area (Å²) in [5, 5.41) is 2.42. The first-order valence-electron chi connectivity index (χ1n) is 4.85. The first-order valence-corrected chi connectivity index (χ1v) is 7.02. The van der Waals surface area contributed by atoms with Gasteiger partial charge in [-0.25, -0.2) is 0 Å². The molecule has 1 amide bonds. The van der Waals surface area contributed by atoms with Gasteiger partial charge in [-0.3, -0.25) is 4.79 Å². The van der Waals surface area contributed by atoms with Gasteiger partial charge in [0.05, 0.1) is 5.02 Å². The van der Waals surface area contributed by atoms with Crippen LogP contribution in [0.15, 0.2) is 11.4 Å². The van der Waals surface area contributed by atoms with Crippen molar-refractivity contribution in [2.45, 2.75) is 17.7 Å². The fourth-order valence-corrected chi connectivity index (χ4v) is 3.48. The molecule has 1 aromatic rings. The zero-order valence-electron chi connectivity index (χ0n) is 8.08. The molecule has 2 nitrogen and oxygen atoms in total. The summed E-state index contributed by atoms with van der Waals surface area (Å²) in [6, 6.07) is 1.77. The Hall–Kier alpha value is -0.0600. The number of halogens is 2. The number of hydrogen-bond donors (Lipinski definition) is 0. The number of carbonyl (C=O) groups excluding carboxylic acids is 1. The molecule has 1 atom stereocenters. The number of piperidine rings is 1. The lowest BCUT2D eigenvalue weighted by Gasteiger charge is -2.29. The molecule has 1 fully saturated rings. The van der Waals surface area contributed by atoms with Crippen LogP contribution in [0.2, 0.25) is 5.02 Å². The smallest absolute Gasteiger partial charge is 0.265 e. The van der Waals surface area contributed by atoms with E-state index in [-0.39, 0.29) is 5.91 Å². The summed E-state index contributed by atoms with van der Waals surface area (Å²) in [6.45, 7) is 1.63. The molecule has 0 N–H and O–H groups in total. The van der Waals surface area contributed by atoms with Crippen molar-refractivity contribution in [1.82, 2.24) is 4.90 Å². The van der Waals surface area contributed by atoms with Gasteiger partial charge in [0, 0.05) is 17.9 Å². The van der Waals surface area contributed by atoms with E-state index >= 15 is 0 Å². The van der Waals surface area contributed by atoms with Crippen LogP contribution in [-0.2, 0) is 0 Å². The lowest BCUT2D eigenvalue weighted by molar-refractivity contribution is 0.0735. The SMILES string of the molecule is O=C(c1sccc1Cl)N1CCCC(Br)C1. The molecule has 2 heterocycles. The van der Waals surface area contributed by atoms with Gasteiger partial charge in [-0.2, -0.15) is 0 Å². The molecule has 0 aromatic carbocycles. The van der Waals surface area contributed by atoms with Crippen LogP contribution in [0.1, 0.15) is 22.5 Å². The summed E-state index contributed by atoms with van der Waals surface area (Å²) >= 11 is 10.9. The first-order chi connectivity index (χ1) is 7.18. The second-order valence-corrected chi connectivity index (χ2v) is 6.21. The average Bonchev–Trinajstić information content (AvgIpc) is 2.63. The molecule has 1 aliphatic rings. The minimum atomic E-state index is 0.0687. The van der Waals surface area contributed by atoms with E-state index in [4.69, 9.17) is 11.6 Å². The number of alkyl halides is 1. The third-order valence-corrected chi connectivity index (χ3v) is 4.54. The molecule has 1 aliphatic heterocycles.